The largest absolute Gasteiger partial charge is 0.491 e. The highest BCUT2D eigenvalue weighted by atomic mass is 16.5. The zero-order valence-corrected chi connectivity index (χ0v) is 11.8. The highest BCUT2D eigenvalue weighted by molar-refractivity contribution is 5.84. The van der Waals surface area contributed by atoms with Crippen LogP contribution in [-0.2, 0) is 0 Å². The van der Waals surface area contributed by atoms with Gasteiger partial charge in [-0.3, -0.25) is 4.79 Å². The van der Waals surface area contributed by atoms with Crippen molar-refractivity contribution in [3.63, 3.8) is 0 Å². The molecule has 1 aliphatic rings. The van der Waals surface area contributed by atoms with Gasteiger partial charge >= 0.3 is 0 Å². The number of likely N-dealkylation sites (N-methyl/N-ethyl adjacent to an activating group) is 1. The zero-order valence-electron chi connectivity index (χ0n) is 11.8. The monoisotopic (exact) mass is 262 g/mol. The van der Waals surface area contributed by atoms with E-state index < -0.39 is 0 Å². The molecule has 1 aromatic carbocycles. The first kappa shape index (κ1) is 13.9. The number of piperazine rings is 1. The Bertz CT molecular complexity index is 426. The molecule has 0 amide bonds. The van der Waals surface area contributed by atoms with Gasteiger partial charge in [-0.2, -0.15) is 0 Å². The van der Waals surface area contributed by atoms with Gasteiger partial charge < -0.3 is 14.5 Å². The Hall–Kier alpha value is -1.55. The summed E-state index contributed by atoms with van der Waals surface area (Å²) in [5.74, 6) is 0.740. The number of aldehydes is 1. The number of carbonyl (C=O) groups is 1. The molecule has 0 aliphatic carbocycles. The van der Waals surface area contributed by atoms with Gasteiger partial charge in [-0.05, 0) is 25.6 Å². The van der Waals surface area contributed by atoms with Crippen LogP contribution in [0.1, 0.15) is 23.7 Å². The number of anilines is 1. The van der Waals surface area contributed by atoms with Crippen LogP contribution in [0.3, 0.4) is 0 Å². The maximum atomic E-state index is 11.2. The average molecular weight is 262 g/mol. The smallest absolute Gasteiger partial charge is 0.153 e. The minimum atomic E-state index is 0.643. The third-order valence-corrected chi connectivity index (χ3v) is 3.45. The van der Waals surface area contributed by atoms with E-state index in [2.05, 4.69) is 23.8 Å². The third-order valence-electron chi connectivity index (χ3n) is 3.45. The second-order valence-electron chi connectivity index (χ2n) is 4.95. The predicted molar refractivity (Wildman–Crippen MR) is 77.3 cm³/mol. The predicted octanol–water partition coefficient (Wildman–Crippen LogP) is 2.04. The van der Waals surface area contributed by atoms with Crippen LogP contribution < -0.4 is 9.64 Å². The van der Waals surface area contributed by atoms with Crippen LogP contribution in [0.25, 0.3) is 0 Å². The van der Waals surface area contributed by atoms with Crippen molar-refractivity contribution in [2.75, 3.05) is 44.7 Å². The Morgan fingerprint density at radius 1 is 1.26 bits per heavy atom. The second kappa shape index (κ2) is 6.57. The van der Waals surface area contributed by atoms with E-state index in [9.17, 15) is 4.79 Å². The molecule has 19 heavy (non-hydrogen) atoms. The minimum Gasteiger partial charge on any atom is -0.491 e. The fourth-order valence-corrected chi connectivity index (χ4v) is 2.29. The summed E-state index contributed by atoms with van der Waals surface area (Å²) in [6.07, 6.45) is 1.82. The van der Waals surface area contributed by atoms with Crippen LogP contribution in [0.15, 0.2) is 18.2 Å². The van der Waals surface area contributed by atoms with Crippen molar-refractivity contribution in [3.8, 4) is 5.75 Å². The zero-order chi connectivity index (χ0) is 13.7. The average Bonchev–Trinajstić information content (AvgIpc) is 2.45. The van der Waals surface area contributed by atoms with Crippen molar-refractivity contribution in [1.82, 2.24) is 4.90 Å². The number of hydrogen-bond donors (Lipinski definition) is 0. The van der Waals surface area contributed by atoms with Crippen molar-refractivity contribution >= 4 is 12.0 Å². The van der Waals surface area contributed by atoms with Gasteiger partial charge in [0, 0.05) is 26.2 Å². The van der Waals surface area contributed by atoms with E-state index in [4.69, 9.17) is 4.74 Å². The van der Waals surface area contributed by atoms with Crippen molar-refractivity contribution in [2.45, 2.75) is 13.3 Å². The van der Waals surface area contributed by atoms with Gasteiger partial charge in [-0.25, -0.2) is 0 Å². The van der Waals surface area contributed by atoms with Gasteiger partial charge in [0.2, 0.25) is 0 Å². The standard InChI is InChI=1S/C15H22N2O2/c1-3-11-19-15-13(12-18)5-4-6-14(15)17-9-7-16(2)8-10-17/h4-6,12H,3,7-11H2,1-2H3. The lowest BCUT2D eigenvalue weighted by Gasteiger charge is -2.35. The van der Waals surface area contributed by atoms with E-state index in [-0.39, 0.29) is 0 Å². The van der Waals surface area contributed by atoms with Crippen molar-refractivity contribution in [2.24, 2.45) is 0 Å². The summed E-state index contributed by atoms with van der Waals surface area (Å²) in [5.41, 5.74) is 1.69. The number of ether oxygens (including phenoxy) is 1. The number of nitrogens with zero attached hydrogens (tertiary/aromatic N) is 2. The van der Waals surface area contributed by atoms with Crippen LogP contribution in [0.2, 0.25) is 0 Å². The number of hydrogen-bond acceptors (Lipinski definition) is 4. The first-order valence-corrected chi connectivity index (χ1v) is 6.90. The molecular weight excluding hydrogens is 240 g/mol. The van der Waals surface area contributed by atoms with Crippen LogP contribution in [-0.4, -0.2) is 51.0 Å². The van der Waals surface area contributed by atoms with Crippen LogP contribution in [0, 0.1) is 0 Å². The molecule has 0 saturated carbocycles. The Kier molecular flexibility index (Phi) is 4.80. The first-order chi connectivity index (χ1) is 9.26. The molecule has 1 aromatic rings. The fourth-order valence-electron chi connectivity index (χ4n) is 2.29. The molecule has 0 bridgehead atoms. The normalized spacial score (nSPS) is 16.4. The molecule has 0 aromatic heterocycles. The van der Waals surface area contributed by atoms with Crippen molar-refractivity contribution in [3.05, 3.63) is 23.8 Å². The molecule has 0 N–H and O–H groups in total. The number of rotatable bonds is 5. The molecular formula is C15H22N2O2. The first-order valence-electron chi connectivity index (χ1n) is 6.90. The highest BCUT2D eigenvalue weighted by Crippen LogP contribution is 2.32. The molecule has 0 spiro atoms. The summed E-state index contributed by atoms with van der Waals surface area (Å²) in [7, 11) is 2.13. The molecule has 1 fully saturated rings. The lowest BCUT2D eigenvalue weighted by molar-refractivity contribution is 0.111. The summed E-state index contributed by atoms with van der Waals surface area (Å²) < 4.78 is 5.80. The van der Waals surface area contributed by atoms with Gasteiger partial charge in [0.1, 0.15) is 0 Å². The van der Waals surface area contributed by atoms with Crippen LogP contribution in [0.5, 0.6) is 5.75 Å². The molecule has 1 aliphatic heterocycles. The van der Waals surface area contributed by atoms with E-state index in [1.807, 2.05) is 18.2 Å². The summed E-state index contributed by atoms with van der Waals surface area (Å²) >= 11 is 0. The maximum Gasteiger partial charge on any atom is 0.153 e. The van der Waals surface area contributed by atoms with Gasteiger partial charge in [0.25, 0.3) is 0 Å². The van der Waals surface area contributed by atoms with Crippen molar-refractivity contribution in [1.29, 1.82) is 0 Å². The number of carbonyl (C=O) groups excluding carboxylic acids is 1. The van der Waals surface area contributed by atoms with E-state index in [0.29, 0.717) is 12.2 Å². The molecule has 4 nitrogen and oxygen atoms in total. The molecule has 4 heteroatoms. The van der Waals surface area contributed by atoms with E-state index in [1.165, 1.54) is 0 Å². The summed E-state index contributed by atoms with van der Waals surface area (Å²) in [5, 5.41) is 0. The third kappa shape index (κ3) is 3.26. The topological polar surface area (TPSA) is 32.8 Å². The molecule has 104 valence electrons. The Morgan fingerprint density at radius 2 is 2.00 bits per heavy atom. The minimum absolute atomic E-state index is 0.643. The van der Waals surface area contributed by atoms with Crippen LogP contribution in [0.4, 0.5) is 5.69 Å². The Labute approximate surface area is 115 Å². The quantitative estimate of drug-likeness (QED) is 0.760. The molecule has 1 heterocycles. The van der Waals surface area contributed by atoms with Gasteiger partial charge in [0.15, 0.2) is 12.0 Å². The lowest BCUT2D eigenvalue weighted by Crippen LogP contribution is -2.44. The molecule has 0 unspecified atom stereocenters. The molecule has 2 rings (SSSR count). The fraction of sp³-hybridized carbons (Fsp3) is 0.533. The van der Waals surface area contributed by atoms with E-state index in [1.54, 1.807) is 0 Å². The Balaban J connectivity index is 2.25. The van der Waals surface area contributed by atoms with E-state index >= 15 is 0 Å². The van der Waals surface area contributed by atoms with Crippen LogP contribution >= 0.6 is 0 Å². The summed E-state index contributed by atoms with van der Waals surface area (Å²) in [4.78, 5) is 15.8. The number of benzene rings is 1. The lowest BCUT2D eigenvalue weighted by atomic mass is 10.1. The second-order valence-corrected chi connectivity index (χ2v) is 4.95. The highest BCUT2D eigenvalue weighted by Gasteiger charge is 2.19. The van der Waals surface area contributed by atoms with Crippen molar-refractivity contribution < 1.29 is 9.53 Å². The Morgan fingerprint density at radius 3 is 2.63 bits per heavy atom. The SMILES string of the molecule is CCCOc1c(C=O)cccc1N1CCN(C)CC1. The maximum absolute atomic E-state index is 11.2. The number of para-hydroxylation sites is 1. The van der Waals surface area contributed by atoms with Gasteiger partial charge in [0.05, 0.1) is 17.9 Å². The van der Waals surface area contributed by atoms with Gasteiger partial charge in [-0.15, -0.1) is 0 Å². The molecule has 1 saturated heterocycles. The van der Waals surface area contributed by atoms with Gasteiger partial charge in [-0.1, -0.05) is 13.0 Å². The molecule has 0 radical (unpaired) electrons. The van der Waals surface area contributed by atoms with E-state index in [0.717, 1.165) is 50.3 Å². The summed E-state index contributed by atoms with van der Waals surface area (Å²) in [6, 6.07) is 5.79. The molecule has 0 atom stereocenters. The summed E-state index contributed by atoms with van der Waals surface area (Å²) in [6.45, 7) is 6.74.